The summed E-state index contributed by atoms with van der Waals surface area (Å²) in [5.74, 6) is -2.48. The Kier molecular flexibility index (Phi) is 4.00. The highest BCUT2D eigenvalue weighted by atomic mass is 19.3. The van der Waals surface area contributed by atoms with Crippen molar-refractivity contribution in [2.45, 2.75) is 43.6 Å². The standard InChI is InChI=1S/C12H22F2N2O/c13-12(14)3-1-11(15,2-4-12)5-6-16-7-9-17-10-8-16/h1-10,15H2. The predicted octanol–water partition coefficient (Wildman–Crippen LogP) is 1.62. The first-order valence-corrected chi connectivity index (χ1v) is 6.46. The van der Waals surface area contributed by atoms with Crippen LogP contribution in [0.3, 0.4) is 0 Å². The number of nitrogens with two attached hydrogens (primary N) is 1. The van der Waals surface area contributed by atoms with Gasteiger partial charge in [0.05, 0.1) is 13.2 Å². The number of alkyl halides is 2. The van der Waals surface area contributed by atoms with Gasteiger partial charge in [0.25, 0.3) is 0 Å². The second-order valence-electron chi connectivity index (χ2n) is 5.42. The van der Waals surface area contributed by atoms with Gasteiger partial charge in [-0.3, -0.25) is 4.90 Å². The van der Waals surface area contributed by atoms with Crippen LogP contribution in [0.5, 0.6) is 0 Å². The van der Waals surface area contributed by atoms with Gasteiger partial charge in [0.2, 0.25) is 5.92 Å². The van der Waals surface area contributed by atoms with E-state index in [0.29, 0.717) is 12.8 Å². The second kappa shape index (κ2) is 5.16. The first-order chi connectivity index (χ1) is 7.99. The first kappa shape index (κ1) is 13.2. The Morgan fingerprint density at radius 1 is 1.06 bits per heavy atom. The van der Waals surface area contributed by atoms with E-state index in [-0.39, 0.29) is 18.4 Å². The van der Waals surface area contributed by atoms with Gasteiger partial charge in [-0.05, 0) is 19.3 Å². The van der Waals surface area contributed by atoms with E-state index in [1.165, 1.54) is 0 Å². The zero-order valence-electron chi connectivity index (χ0n) is 10.3. The number of hydrogen-bond donors (Lipinski definition) is 1. The van der Waals surface area contributed by atoms with Crippen LogP contribution >= 0.6 is 0 Å². The van der Waals surface area contributed by atoms with Crippen molar-refractivity contribution in [3.63, 3.8) is 0 Å². The lowest BCUT2D eigenvalue weighted by molar-refractivity contribution is -0.0533. The van der Waals surface area contributed by atoms with E-state index in [0.717, 1.165) is 39.3 Å². The molecule has 2 fully saturated rings. The highest BCUT2D eigenvalue weighted by Crippen LogP contribution is 2.38. The van der Waals surface area contributed by atoms with Gasteiger partial charge < -0.3 is 10.5 Å². The lowest BCUT2D eigenvalue weighted by Crippen LogP contribution is -2.49. The maximum atomic E-state index is 13.1. The van der Waals surface area contributed by atoms with Crippen molar-refractivity contribution in [1.29, 1.82) is 0 Å². The number of rotatable bonds is 3. The monoisotopic (exact) mass is 248 g/mol. The van der Waals surface area contributed by atoms with Gasteiger partial charge in [-0.25, -0.2) is 8.78 Å². The van der Waals surface area contributed by atoms with Crippen LogP contribution in [0.4, 0.5) is 8.78 Å². The van der Waals surface area contributed by atoms with Gasteiger partial charge in [0.1, 0.15) is 0 Å². The van der Waals surface area contributed by atoms with E-state index < -0.39 is 5.92 Å². The fraction of sp³-hybridized carbons (Fsp3) is 1.00. The van der Waals surface area contributed by atoms with Crippen molar-refractivity contribution in [2.75, 3.05) is 32.8 Å². The molecule has 17 heavy (non-hydrogen) atoms. The predicted molar refractivity (Wildman–Crippen MR) is 62.2 cm³/mol. The Morgan fingerprint density at radius 3 is 2.24 bits per heavy atom. The van der Waals surface area contributed by atoms with E-state index in [1.807, 2.05) is 0 Å². The molecule has 1 heterocycles. The van der Waals surface area contributed by atoms with Crippen molar-refractivity contribution in [3.8, 4) is 0 Å². The number of nitrogens with zero attached hydrogens (tertiary/aromatic N) is 1. The molecule has 0 bridgehead atoms. The molecule has 1 saturated heterocycles. The summed E-state index contributed by atoms with van der Waals surface area (Å²) in [6.07, 6.45) is 1.62. The van der Waals surface area contributed by atoms with Crippen LogP contribution < -0.4 is 5.73 Å². The number of hydrogen-bond acceptors (Lipinski definition) is 3. The van der Waals surface area contributed by atoms with Crippen LogP contribution in [0.25, 0.3) is 0 Å². The molecule has 0 atom stereocenters. The molecule has 1 saturated carbocycles. The third-order valence-corrected chi connectivity index (χ3v) is 4.01. The number of halogens is 2. The highest BCUT2D eigenvalue weighted by Gasteiger charge is 2.41. The van der Waals surface area contributed by atoms with Crippen LogP contribution in [0.15, 0.2) is 0 Å². The van der Waals surface area contributed by atoms with Crippen molar-refractivity contribution in [3.05, 3.63) is 0 Å². The lowest BCUT2D eigenvalue weighted by Gasteiger charge is -2.39. The van der Waals surface area contributed by atoms with E-state index in [9.17, 15) is 8.78 Å². The van der Waals surface area contributed by atoms with E-state index in [4.69, 9.17) is 10.5 Å². The Morgan fingerprint density at radius 2 is 1.65 bits per heavy atom. The molecule has 0 amide bonds. The molecule has 0 radical (unpaired) electrons. The maximum Gasteiger partial charge on any atom is 0.248 e. The molecule has 1 aliphatic heterocycles. The minimum atomic E-state index is -2.48. The molecule has 5 heteroatoms. The minimum Gasteiger partial charge on any atom is -0.379 e. The molecule has 0 spiro atoms. The molecule has 2 N–H and O–H groups in total. The summed E-state index contributed by atoms with van der Waals surface area (Å²) >= 11 is 0. The molecule has 0 aromatic carbocycles. The molecule has 0 aromatic rings. The molecule has 2 rings (SSSR count). The molecule has 2 aliphatic rings. The van der Waals surface area contributed by atoms with Gasteiger partial charge in [0.15, 0.2) is 0 Å². The number of morpholine rings is 1. The summed E-state index contributed by atoms with van der Waals surface area (Å²) in [4.78, 5) is 2.31. The third-order valence-electron chi connectivity index (χ3n) is 4.01. The average Bonchev–Trinajstić information content (AvgIpc) is 2.33. The van der Waals surface area contributed by atoms with Gasteiger partial charge in [-0.15, -0.1) is 0 Å². The fourth-order valence-corrected chi connectivity index (χ4v) is 2.57. The summed E-state index contributed by atoms with van der Waals surface area (Å²) in [5.41, 5.74) is 5.83. The van der Waals surface area contributed by atoms with E-state index >= 15 is 0 Å². The van der Waals surface area contributed by atoms with Gasteiger partial charge in [0, 0.05) is 38.0 Å². The topological polar surface area (TPSA) is 38.5 Å². The summed E-state index contributed by atoms with van der Waals surface area (Å²) < 4.78 is 31.4. The van der Waals surface area contributed by atoms with Crippen LogP contribution in [0.2, 0.25) is 0 Å². The Hall–Kier alpha value is -0.260. The molecule has 0 unspecified atom stereocenters. The Balaban J connectivity index is 1.74. The molecular weight excluding hydrogens is 226 g/mol. The van der Waals surface area contributed by atoms with Crippen molar-refractivity contribution < 1.29 is 13.5 Å². The zero-order chi connectivity index (χ0) is 12.4. The van der Waals surface area contributed by atoms with Gasteiger partial charge in [-0.2, -0.15) is 0 Å². The van der Waals surface area contributed by atoms with Crippen molar-refractivity contribution in [1.82, 2.24) is 4.90 Å². The number of ether oxygens (including phenoxy) is 1. The maximum absolute atomic E-state index is 13.1. The Bertz CT molecular complexity index is 245. The third kappa shape index (κ3) is 3.86. The smallest absolute Gasteiger partial charge is 0.248 e. The van der Waals surface area contributed by atoms with Gasteiger partial charge >= 0.3 is 0 Å². The summed E-state index contributed by atoms with van der Waals surface area (Å²) in [6.45, 7) is 4.33. The summed E-state index contributed by atoms with van der Waals surface area (Å²) in [5, 5.41) is 0. The minimum absolute atomic E-state index is 0.0490. The largest absolute Gasteiger partial charge is 0.379 e. The molecule has 100 valence electrons. The van der Waals surface area contributed by atoms with E-state index in [2.05, 4.69) is 4.90 Å². The van der Waals surface area contributed by atoms with Crippen molar-refractivity contribution in [2.24, 2.45) is 5.73 Å². The summed E-state index contributed by atoms with van der Waals surface area (Å²) in [7, 11) is 0. The summed E-state index contributed by atoms with van der Waals surface area (Å²) in [6, 6.07) is 0. The Labute approximate surface area is 101 Å². The SMILES string of the molecule is NC1(CCN2CCOCC2)CCC(F)(F)CC1. The lowest BCUT2D eigenvalue weighted by atomic mass is 9.78. The van der Waals surface area contributed by atoms with Gasteiger partial charge in [-0.1, -0.05) is 0 Å². The van der Waals surface area contributed by atoms with E-state index in [1.54, 1.807) is 0 Å². The zero-order valence-corrected chi connectivity index (χ0v) is 10.3. The average molecular weight is 248 g/mol. The molecular formula is C12H22F2N2O. The highest BCUT2D eigenvalue weighted by molar-refractivity contribution is 4.93. The van der Waals surface area contributed by atoms with Crippen LogP contribution in [-0.4, -0.2) is 49.2 Å². The van der Waals surface area contributed by atoms with Crippen LogP contribution in [0.1, 0.15) is 32.1 Å². The molecule has 0 aromatic heterocycles. The quantitative estimate of drug-likeness (QED) is 0.824. The molecule has 3 nitrogen and oxygen atoms in total. The van der Waals surface area contributed by atoms with Crippen molar-refractivity contribution >= 4 is 0 Å². The first-order valence-electron chi connectivity index (χ1n) is 6.46. The normalized spacial score (nSPS) is 29.1. The molecule has 1 aliphatic carbocycles. The van der Waals surface area contributed by atoms with Crippen LogP contribution in [0, 0.1) is 0 Å². The fourth-order valence-electron chi connectivity index (χ4n) is 2.57. The van der Waals surface area contributed by atoms with Crippen LogP contribution in [-0.2, 0) is 4.74 Å². The second-order valence-corrected chi connectivity index (χ2v) is 5.42.